The predicted molar refractivity (Wildman–Crippen MR) is 102 cm³/mol. The van der Waals surface area contributed by atoms with Crippen molar-refractivity contribution in [3.05, 3.63) is 74.3 Å². The highest BCUT2D eigenvalue weighted by Crippen LogP contribution is 2.27. The van der Waals surface area contributed by atoms with Crippen molar-refractivity contribution in [2.24, 2.45) is 5.92 Å². The summed E-state index contributed by atoms with van der Waals surface area (Å²) in [7, 11) is 0. The number of hydrogen-bond donors (Lipinski definition) is 0. The maximum Gasteiger partial charge on any atom is 0.311 e. The van der Waals surface area contributed by atoms with Crippen molar-refractivity contribution < 1.29 is 29.0 Å². The third-order valence-corrected chi connectivity index (χ3v) is 4.58. The number of ketones is 1. The molecule has 2 aromatic rings. The summed E-state index contributed by atoms with van der Waals surface area (Å²) in [6, 6.07) is 10.2. The van der Waals surface area contributed by atoms with Crippen molar-refractivity contribution in [3.63, 3.8) is 0 Å². The van der Waals surface area contributed by atoms with Crippen LogP contribution in [0.25, 0.3) is 0 Å². The number of carbonyl (C=O) groups excluding carboxylic acids is 3. The van der Waals surface area contributed by atoms with E-state index in [9.17, 15) is 34.6 Å². The number of anilines is 1. The van der Waals surface area contributed by atoms with E-state index in [1.165, 1.54) is 53.4 Å². The molecule has 1 atom stereocenters. The average Bonchev–Trinajstić information content (AvgIpc) is 3.13. The Hall–Kier alpha value is -4.15. The number of benzene rings is 2. The van der Waals surface area contributed by atoms with Crippen molar-refractivity contribution in [3.8, 4) is 0 Å². The zero-order valence-corrected chi connectivity index (χ0v) is 15.4. The maximum atomic E-state index is 12.3. The molecule has 2 aromatic carbocycles. The first-order valence-corrected chi connectivity index (χ1v) is 8.75. The van der Waals surface area contributed by atoms with Crippen LogP contribution in [0.5, 0.6) is 0 Å². The van der Waals surface area contributed by atoms with E-state index >= 15 is 0 Å². The topological polar surface area (TPSA) is 150 Å². The smallest absolute Gasteiger partial charge is 0.311 e. The fourth-order valence-corrected chi connectivity index (χ4v) is 2.98. The van der Waals surface area contributed by atoms with Crippen molar-refractivity contribution in [1.29, 1.82) is 0 Å². The molecule has 3 rings (SSSR count). The summed E-state index contributed by atoms with van der Waals surface area (Å²) in [5.41, 5.74) is 0.289. The van der Waals surface area contributed by atoms with E-state index in [0.29, 0.717) is 5.69 Å². The normalized spacial score (nSPS) is 15.7. The Balaban J connectivity index is 1.57. The quantitative estimate of drug-likeness (QED) is 0.290. The number of non-ortho nitro benzene ring substituents is 2. The van der Waals surface area contributed by atoms with Gasteiger partial charge in [0.25, 0.3) is 11.4 Å². The maximum absolute atomic E-state index is 12.3. The van der Waals surface area contributed by atoms with E-state index in [1.807, 2.05) is 0 Å². The molecule has 0 aromatic heterocycles. The van der Waals surface area contributed by atoms with Gasteiger partial charge in [-0.2, -0.15) is 0 Å². The number of hydrogen-bond acceptors (Lipinski definition) is 8. The highest BCUT2D eigenvalue weighted by Gasteiger charge is 2.36. The van der Waals surface area contributed by atoms with Gasteiger partial charge in [-0.15, -0.1) is 0 Å². The molecule has 1 aliphatic heterocycles. The molecule has 30 heavy (non-hydrogen) atoms. The van der Waals surface area contributed by atoms with Crippen LogP contribution in [0.1, 0.15) is 16.8 Å². The number of ether oxygens (including phenoxy) is 1. The van der Waals surface area contributed by atoms with Crippen LogP contribution in [-0.2, 0) is 14.3 Å². The van der Waals surface area contributed by atoms with E-state index in [1.54, 1.807) is 0 Å². The molecular weight excluding hydrogens is 398 g/mol. The van der Waals surface area contributed by atoms with E-state index < -0.39 is 34.1 Å². The highest BCUT2D eigenvalue weighted by atomic mass is 16.6. The van der Waals surface area contributed by atoms with Gasteiger partial charge in [0.15, 0.2) is 12.4 Å². The molecule has 0 aliphatic carbocycles. The first-order valence-electron chi connectivity index (χ1n) is 8.75. The van der Waals surface area contributed by atoms with Gasteiger partial charge in [0.2, 0.25) is 5.91 Å². The third kappa shape index (κ3) is 4.46. The summed E-state index contributed by atoms with van der Waals surface area (Å²) >= 11 is 0. The first-order chi connectivity index (χ1) is 14.3. The Kier molecular flexibility index (Phi) is 5.81. The van der Waals surface area contributed by atoms with Crippen LogP contribution in [0.2, 0.25) is 0 Å². The van der Waals surface area contributed by atoms with Gasteiger partial charge in [0, 0.05) is 48.5 Å². The van der Waals surface area contributed by atoms with Crippen molar-refractivity contribution in [2.45, 2.75) is 6.42 Å². The summed E-state index contributed by atoms with van der Waals surface area (Å²) in [6.07, 6.45) is -0.110. The molecule has 0 unspecified atom stereocenters. The zero-order chi connectivity index (χ0) is 21.8. The van der Waals surface area contributed by atoms with Crippen LogP contribution in [0, 0.1) is 26.1 Å². The number of amides is 1. The molecule has 1 fully saturated rings. The molecule has 1 saturated heterocycles. The third-order valence-electron chi connectivity index (χ3n) is 4.58. The molecule has 0 spiro atoms. The Bertz CT molecular complexity index is 1020. The van der Waals surface area contributed by atoms with Gasteiger partial charge in [-0.05, 0) is 24.3 Å². The number of nitrogens with zero attached hydrogens (tertiary/aromatic N) is 3. The second kappa shape index (κ2) is 8.47. The van der Waals surface area contributed by atoms with Gasteiger partial charge in [-0.25, -0.2) is 0 Å². The van der Waals surface area contributed by atoms with Gasteiger partial charge < -0.3 is 9.64 Å². The fraction of sp³-hybridized carbons (Fsp3) is 0.211. The Morgan fingerprint density at radius 2 is 1.50 bits per heavy atom. The minimum absolute atomic E-state index is 0.0290. The van der Waals surface area contributed by atoms with E-state index in [0.717, 1.165) is 0 Å². The van der Waals surface area contributed by atoms with Crippen molar-refractivity contribution in [1.82, 2.24) is 0 Å². The lowest BCUT2D eigenvalue weighted by atomic mass is 10.1. The van der Waals surface area contributed by atoms with E-state index in [4.69, 9.17) is 4.74 Å². The summed E-state index contributed by atoms with van der Waals surface area (Å²) in [6.45, 7) is -0.528. The SMILES string of the molecule is O=C(COC(=O)[C@@H]1CC(=O)N(c2ccc([N+](=O)[O-])cc2)C1)c1ccc([N+](=O)[O-])cc1. The zero-order valence-electron chi connectivity index (χ0n) is 15.4. The van der Waals surface area contributed by atoms with Crippen LogP contribution < -0.4 is 4.90 Å². The fourth-order valence-electron chi connectivity index (χ4n) is 2.98. The van der Waals surface area contributed by atoms with Gasteiger partial charge in [-0.1, -0.05) is 0 Å². The minimum Gasteiger partial charge on any atom is -0.457 e. The van der Waals surface area contributed by atoms with Crippen LogP contribution in [-0.4, -0.2) is 40.7 Å². The van der Waals surface area contributed by atoms with E-state index in [-0.39, 0.29) is 35.8 Å². The molecule has 1 aliphatic rings. The van der Waals surface area contributed by atoms with Crippen molar-refractivity contribution in [2.75, 3.05) is 18.1 Å². The Morgan fingerprint density at radius 1 is 0.967 bits per heavy atom. The lowest BCUT2D eigenvalue weighted by Gasteiger charge is -2.16. The van der Waals surface area contributed by atoms with Gasteiger partial charge in [0.05, 0.1) is 15.8 Å². The molecule has 0 N–H and O–H groups in total. The second-order valence-corrected chi connectivity index (χ2v) is 6.51. The molecule has 0 bridgehead atoms. The Labute approximate surface area is 169 Å². The van der Waals surface area contributed by atoms with Gasteiger partial charge in [0.1, 0.15) is 0 Å². The number of rotatable bonds is 7. The van der Waals surface area contributed by atoms with Crippen molar-refractivity contribution >= 4 is 34.7 Å². The largest absolute Gasteiger partial charge is 0.457 e. The molecule has 154 valence electrons. The van der Waals surface area contributed by atoms with Crippen LogP contribution in [0.3, 0.4) is 0 Å². The molecule has 11 nitrogen and oxygen atoms in total. The van der Waals surface area contributed by atoms with Gasteiger partial charge >= 0.3 is 5.97 Å². The molecular formula is C19H15N3O8. The van der Waals surface area contributed by atoms with Crippen LogP contribution in [0.15, 0.2) is 48.5 Å². The summed E-state index contributed by atoms with van der Waals surface area (Å²) < 4.78 is 5.01. The van der Waals surface area contributed by atoms with Crippen LogP contribution in [0.4, 0.5) is 17.1 Å². The molecule has 0 saturated carbocycles. The lowest BCUT2D eigenvalue weighted by Crippen LogP contribution is -2.27. The number of esters is 1. The molecule has 1 amide bonds. The molecule has 0 radical (unpaired) electrons. The standard InChI is InChI=1S/C19H15N3O8/c23-17(12-1-3-15(4-2-12)21(26)27)11-30-19(25)13-9-18(24)20(10-13)14-5-7-16(8-6-14)22(28)29/h1-8,13H,9-11H2/t13-/m1/s1. The molecule has 1 heterocycles. The first kappa shape index (κ1) is 20.6. The number of nitro groups is 2. The number of carbonyl (C=O) groups is 3. The minimum atomic E-state index is -0.780. The summed E-state index contributed by atoms with van der Waals surface area (Å²) in [5.74, 6) is -2.37. The second-order valence-electron chi connectivity index (χ2n) is 6.51. The predicted octanol–water partition coefficient (Wildman–Crippen LogP) is 2.28. The summed E-state index contributed by atoms with van der Waals surface area (Å²) in [5, 5.41) is 21.4. The lowest BCUT2D eigenvalue weighted by molar-refractivity contribution is -0.385. The summed E-state index contributed by atoms with van der Waals surface area (Å²) in [4.78, 5) is 58.1. The van der Waals surface area contributed by atoms with Gasteiger partial charge in [-0.3, -0.25) is 34.6 Å². The number of nitro benzene ring substituents is 2. The Morgan fingerprint density at radius 3 is 2.03 bits per heavy atom. The average molecular weight is 413 g/mol. The van der Waals surface area contributed by atoms with Crippen LogP contribution >= 0.6 is 0 Å². The number of Topliss-reactive ketones (excluding diaryl/α,β-unsaturated/α-hetero) is 1. The molecule has 11 heteroatoms. The monoisotopic (exact) mass is 413 g/mol. The highest BCUT2D eigenvalue weighted by molar-refractivity contribution is 6.01. The van der Waals surface area contributed by atoms with E-state index in [2.05, 4.69) is 0 Å².